The molecule has 2 heterocycles. The van der Waals surface area contributed by atoms with Gasteiger partial charge < -0.3 is 13.9 Å². The highest BCUT2D eigenvalue weighted by molar-refractivity contribution is 7.87. The monoisotopic (exact) mass is 1420 g/mol. The van der Waals surface area contributed by atoms with Gasteiger partial charge in [-0.05, 0) is 136 Å². The van der Waals surface area contributed by atoms with Gasteiger partial charge in [-0.1, -0.05) is 113 Å². The van der Waals surface area contributed by atoms with Gasteiger partial charge in [0.2, 0.25) is 0 Å². The molecule has 12 rings (SSSR count). The fourth-order valence-electron chi connectivity index (χ4n) is 11.6. The lowest BCUT2D eigenvalue weighted by atomic mass is 9.91. The lowest BCUT2D eigenvalue weighted by molar-refractivity contribution is 0.475. The van der Waals surface area contributed by atoms with E-state index in [4.69, 9.17) is 13.9 Å². The van der Waals surface area contributed by atoms with Crippen LogP contribution in [0.4, 0.5) is 0 Å². The van der Waals surface area contributed by atoms with E-state index in [9.17, 15) is 77.8 Å². The first-order valence-electron chi connectivity index (χ1n) is 28.3. The van der Waals surface area contributed by atoms with Gasteiger partial charge in [-0.15, -0.1) is 0 Å². The van der Waals surface area contributed by atoms with Crippen LogP contribution in [0, 0.1) is 0 Å². The molecule has 0 bridgehead atoms. The Morgan fingerprint density at radius 2 is 0.677 bits per heavy atom. The predicted molar refractivity (Wildman–Crippen MR) is 354 cm³/mol. The Bertz CT molecular complexity index is 5880. The zero-order chi connectivity index (χ0) is 69.3. The Kier molecular flexibility index (Phi) is 16.4. The normalized spacial score (nSPS) is 12.8. The molecule has 0 aliphatic carbocycles. The second-order valence-electron chi connectivity index (χ2n) is 22.8. The van der Waals surface area contributed by atoms with Crippen LogP contribution >= 0.6 is 0 Å². The lowest BCUT2D eigenvalue weighted by Crippen LogP contribution is -2.34. The minimum Gasteiger partial charge on any atom is -0.455 e. The average molecular weight is 1420 g/mol. The molecule has 0 aliphatic rings. The van der Waals surface area contributed by atoms with Gasteiger partial charge in [0.15, 0.2) is 11.3 Å². The molecule has 0 spiro atoms. The van der Waals surface area contributed by atoms with E-state index in [1.807, 2.05) is 27.7 Å². The third kappa shape index (κ3) is 12.2. The first kappa shape index (κ1) is 66.5. The summed E-state index contributed by atoms with van der Waals surface area (Å²) in [7, 11) is -29.9. The molecule has 492 valence electrons. The van der Waals surface area contributed by atoms with Crippen LogP contribution in [0.3, 0.4) is 0 Å². The Morgan fingerprint density at radius 3 is 1.01 bits per heavy atom. The van der Waals surface area contributed by atoms with Crippen LogP contribution in [0.15, 0.2) is 219 Å². The number of ether oxygens (including phenoxy) is 2. The lowest BCUT2D eigenvalue weighted by Gasteiger charge is -2.24. The second kappa shape index (κ2) is 23.7. The van der Waals surface area contributed by atoms with Crippen LogP contribution in [0.1, 0.15) is 50.7 Å². The van der Waals surface area contributed by atoms with Gasteiger partial charge in [-0.2, -0.15) is 50.5 Å². The van der Waals surface area contributed by atoms with E-state index < -0.39 is 107 Å². The van der Waals surface area contributed by atoms with Crippen molar-refractivity contribution in [2.75, 3.05) is 0 Å². The standard InChI is InChI=1S/C66H49NO23S6/c1-34(2)46-9-7-10-47(35(3)4)61(46)67-65(68)53-32-56(89-62-49(36-12-20-40(21-13-36)91(70,71)72)28-44(95(82,83)84)29-50(62)37-14-22-41(23-15-37)92(73,74)75)59-48-8-5-6-11-55(48)88-64-57(33-54(66(67)69)58(53)60(59)64)90-63-51(38-16-24-42(25-17-38)93(76,77)78)30-45(96(85,86)87)31-52(63)39-18-26-43(27-19-39)94(79,80)81/h5-35H,1-4H3,(H,70,71,72)(H,73,74,75)(H,76,77,78)(H,79,80,81)(H,82,83,84)(H,85,86,87). The van der Waals surface area contributed by atoms with Crippen molar-refractivity contribution in [3.8, 4) is 73.2 Å². The molecule has 24 nitrogen and oxygen atoms in total. The van der Waals surface area contributed by atoms with Crippen LogP contribution in [-0.2, 0) is 60.7 Å². The first-order valence-corrected chi connectivity index (χ1v) is 37.0. The van der Waals surface area contributed by atoms with Crippen LogP contribution < -0.4 is 20.6 Å². The summed E-state index contributed by atoms with van der Waals surface area (Å²) in [5.74, 6) is -2.11. The number of pyridine rings is 1. The Hall–Kier alpha value is -9.54. The molecule has 0 amide bonds. The number of hydrogen-bond donors (Lipinski definition) is 6. The van der Waals surface area contributed by atoms with Gasteiger partial charge in [-0.3, -0.25) is 36.9 Å². The summed E-state index contributed by atoms with van der Waals surface area (Å²) in [5.41, 5.74) is -1.99. The van der Waals surface area contributed by atoms with Crippen molar-refractivity contribution < 1.29 is 91.7 Å². The van der Waals surface area contributed by atoms with E-state index in [1.165, 1.54) is 18.2 Å². The summed E-state index contributed by atoms with van der Waals surface area (Å²) in [4.78, 5) is 28.3. The van der Waals surface area contributed by atoms with E-state index in [1.54, 1.807) is 36.4 Å². The minimum atomic E-state index is -5.22. The van der Waals surface area contributed by atoms with Crippen molar-refractivity contribution in [1.29, 1.82) is 0 Å². The number of para-hydroxylation sites is 2. The van der Waals surface area contributed by atoms with Crippen LogP contribution in [0.25, 0.3) is 93.7 Å². The highest BCUT2D eigenvalue weighted by atomic mass is 32.2. The van der Waals surface area contributed by atoms with Crippen molar-refractivity contribution in [3.63, 3.8) is 0 Å². The smallest absolute Gasteiger partial charge is 0.294 e. The van der Waals surface area contributed by atoms with Gasteiger partial charge in [0.1, 0.15) is 22.8 Å². The molecule has 0 unspecified atom stereocenters. The summed E-state index contributed by atoms with van der Waals surface area (Å²) in [6, 6.07) is 34.9. The Balaban J connectivity index is 1.27. The molecule has 96 heavy (non-hydrogen) atoms. The van der Waals surface area contributed by atoms with Crippen molar-refractivity contribution in [3.05, 3.63) is 208 Å². The molecule has 2 aromatic heterocycles. The van der Waals surface area contributed by atoms with Crippen molar-refractivity contribution in [2.45, 2.75) is 68.9 Å². The van der Waals surface area contributed by atoms with Gasteiger partial charge in [0.05, 0.1) is 45.8 Å². The maximum absolute atomic E-state index is 16.1. The molecule has 0 saturated heterocycles. The molecule has 10 aromatic carbocycles. The SMILES string of the molecule is CC(C)c1cccc(C(C)C)c1-n1c(=O)c2cc(Oc3c(-c4ccc(S(=O)(=O)O)cc4)cc(S(=O)(=O)O)cc3-c3ccc(S(=O)(=O)O)cc3)c3oc4ccccc4c4c(Oc5c(-c6ccc(S(=O)(=O)O)cc6)cc(S(=O)(=O)O)cc5-c5ccc(S(=O)(=O)O)cc5)cc(c1=O)c2c34. The van der Waals surface area contributed by atoms with Crippen molar-refractivity contribution >= 4 is 104 Å². The summed E-state index contributed by atoms with van der Waals surface area (Å²) >= 11 is 0. The predicted octanol–water partition coefficient (Wildman–Crippen LogP) is 12.8. The van der Waals surface area contributed by atoms with E-state index in [0.717, 1.165) is 126 Å². The Labute approximate surface area is 546 Å². The highest BCUT2D eigenvalue weighted by Crippen LogP contribution is 2.53. The van der Waals surface area contributed by atoms with Crippen LogP contribution in [0.2, 0.25) is 0 Å². The number of benzene rings is 10. The summed E-state index contributed by atoms with van der Waals surface area (Å²) in [6.07, 6.45) is 0. The van der Waals surface area contributed by atoms with E-state index in [-0.39, 0.29) is 123 Å². The molecule has 6 N–H and O–H groups in total. The third-order valence-electron chi connectivity index (χ3n) is 16.1. The number of rotatable bonds is 17. The topological polar surface area (TPSA) is 397 Å². The van der Waals surface area contributed by atoms with Crippen molar-refractivity contribution in [1.82, 2.24) is 4.57 Å². The molecule has 12 aromatic rings. The third-order valence-corrected chi connectivity index (χ3v) is 21.2. The molecule has 0 saturated carbocycles. The fraction of sp³-hybridized carbons (Fsp3) is 0.0909. The van der Waals surface area contributed by atoms with Gasteiger partial charge in [-0.25, -0.2) is 4.57 Å². The zero-order valence-electron chi connectivity index (χ0n) is 49.9. The largest absolute Gasteiger partial charge is 0.455 e. The summed E-state index contributed by atoms with van der Waals surface area (Å²) in [5, 5.41) is -0.454. The molecular weight excluding hydrogens is 1370 g/mol. The molecule has 0 fully saturated rings. The minimum absolute atomic E-state index is 0.0137. The fourth-order valence-corrected chi connectivity index (χ4v) is 14.6. The van der Waals surface area contributed by atoms with Crippen molar-refractivity contribution in [2.24, 2.45) is 0 Å². The van der Waals surface area contributed by atoms with Crippen LogP contribution in [-0.4, -0.2) is 82.4 Å². The van der Waals surface area contributed by atoms with E-state index >= 15 is 9.59 Å². The Morgan fingerprint density at radius 1 is 0.354 bits per heavy atom. The van der Waals surface area contributed by atoms with Gasteiger partial charge >= 0.3 is 0 Å². The number of nitrogens with zero attached hydrogens (tertiary/aromatic N) is 1. The quantitative estimate of drug-likeness (QED) is 0.0280. The number of fused-ring (bicyclic) bond motifs is 2. The molecule has 0 radical (unpaired) electrons. The maximum Gasteiger partial charge on any atom is 0.294 e. The van der Waals surface area contributed by atoms with E-state index in [0.29, 0.717) is 11.1 Å². The highest BCUT2D eigenvalue weighted by Gasteiger charge is 2.32. The molecular formula is C66H49NO23S6. The number of hydrogen-bond acceptors (Lipinski definition) is 17. The first-order chi connectivity index (χ1) is 44.9. The average Bonchev–Trinajstić information content (AvgIpc) is 0.695. The van der Waals surface area contributed by atoms with Gasteiger partial charge in [0, 0.05) is 43.8 Å². The van der Waals surface area contributed by atoms with Gasteiger partial charge in [0.25, 0.3) is 71.8 Å². The molecule has 0 atom stereocenters. The second-order valence-corrected chi connectivity index (χ2v) is 31.3. The number of aromatic nitrogens is 1. The zero-order valence-corrected chi connectivity index (χ0v) is 54.8. The summed E-state index contributed by atoms with van der Waals surface area (Å²) < 4.78 is 236. The molecule has 0 aliphatic heterocycles. The van der Waals surface area contributed by atoms with Crippen LogP contribution in [0.5, 0.6) is 23.0 Å². The molecule has 30 heteroatoms. The van der Waals surface area contributed by atoms with E-state index in [2.05, 4.69) is 0 Å². The summed E-state index contributed by atoms with van der Waals surface area (Å²) in [6.45, 7) is 7.38. The maximum atomic E-state index is 16.1.